The Hall–Kier alpha value is -0.730. The van der Waals surface area contributed by atoms with Crippen LogP contribution in [0.5, 0.6) is 0 Å². The molecule has 10 heavy (non-hydrogen) atoms. The van der Waals surface area contributed by atoms with E-state index in [1.807, 2.05) is 11.8 Å². The van der Waals surface area contributed by atoms with Gasteiger partial charge in [0.1, 0.15) is 0 Å². The molecule has 0 radical (unpaired) electrons. The van der Waals surface area contributed by atoms with E-state index >= 15 is 0 Å². The fourth-order valence-electron chi connectivity index (χ4n) is 1.18. The predicted octanol–water partition coefficient (Wildman–Crippen LogP) is 0.812. The minimum absolute atomic E-state index is 0.0972. The highest BCUT2D eigenvalue weighted by Gasteiger charge is 2.15. The summed E-state index contributed by atoms with van der Waals surface area (Å²) in [4.78, 5) is 12.9. The first-order valence-electron chi connectivity index (χ1n) is 3.87. The Morgan fingerprint density at radius 1 is 1.50 bits per heavy atom. The molecule has 0 aliphatic carbocycles. The van der Waals surface area contributed by atoms with Gasteiger partial charge in [0.15, 0.2) is 0 Å². The molecule has 0 saturated carbocycles. The fraction of sp³-hybridized carbons (Fsp3) is 0.857. The van der Waals surface area contributed by atoms with E-state index in [2.05, 4.69) is 5.32 Å². The van der Waals surface area contributed by atoms with Gasteiger partial charge in [0.05, 0.1) is 0 Å². The van der Waals surface area contributed by atoms with Crippen LogP contribution in [-0.2, 0) is 0 Å². The van der Waals surface area contributed by atoms with E-state index in [-0.39, 0.29) is 6.03 Å². The number of nitrogens with one attached hydrogen (secondary N) is 1. The molecule has 1 fully saturated rings. The standard InChI is InChI=1S/C7H14N2O/c1-2-8-7(10)9-5-3-4-6-9/h2-6H2,1H3,(H,8,10). The summed E-state index contributed by atoms with van der Waals surface area (Å²) in [5.41, 5.74) is 0. The Labute approximate surface area is 61.4 Å². The SMILES string of the molecule is CCNC(=O)N1CCCC1. The zero-order valence-corrected chi connectivity index (χ0v) is 6.39. The zero-order chi connectivity index (χ0) is 7.40. The highest BCUT2D eigenvalue weighted by molar-refractivity contribution is 5.74. The molecule has 1 saturated heterocycles. The Kier molecular flexibility index (Phi) is 2.54. The number of nitrogens with zero attached hydrogens (tertiary/aromatic N) is 1. The van der Waals surface area contributed by atoms with Crippen LogP contribution < -0.4 is 5.32 Å². The molecule has 0 aromatic carbocycles. The van der Waals surface area contributed by atoms with E-state index in [1.54, 1.807) is 0 Å². The van der Waals surface area contributed by atoms with Crippen LogP contribution in [0, 0.1) is 0 Å². The van der Waals surface area contributed by atoms with Crippen LogP contribution in [0.3, 0.4) is 0 Å². The molecule has 58 valence electrons. The van der Waals surface area contributed by atoms with Gasteiger partial charge < -0.3 is 10.2 Å². The lowest BCUT2D eigenvalue weighted by Crippen LogP contribution is -2.37. The summed E-state index contributed by atoms with van der Waals surface area (Å²) in [5.74, 6) is 0. The van der Waals surface area contributed by atoms with Crippen LogP contribution in [0.4, 0.5) is 4.79 Å². The van der Waals surface area contributed by atoms with Gasteiger partial charge >= 0.3 is 6.03 Å². The van der Waals surface area contributed by atoms with Gasteiger partial charge in [-0.3, -0.25) is 0 Å². The van der Waals surface area contributed by atoms with Crippen molar-refractivity contribution in [3.63, 3.8) is 0 Å². The van der Waals surface area contributed by atoms with Crippen LogP contribution in [0.15, 0.2) is 0 Å². The number of rotatable bonds is 1. The molecule has 1 N–H and O–H groups in total. The molecule has 1 rings (SSSR count). The quantitative estimate of drug-likeness (QED) is 0.577. The first kappa shape index (κ1) is 7.38. The van der Waals surface area contributed by atoms with Crippen molar-refractivity contribution < 1.29 is 4.79 Å². The van der Waals surface area contributed by atoms with Crippen molar-refractivity contribution in [1.82, 2.24) is 10.2 Å². The monoisotopic (exact) mass is 142 g/mol. The number of amides is 2. The molecule has 1 heterocycles. The number of carbonyl (C=O) groups is 1. The minimum Gasteiger partial charge on any atom is -0.338 e. The van der Waals surface area contributed by atoms with Gasteiger partial charge in [0, 0.05) is 19.6 Å². The van der Waals surface area contributed by atoms with Crippen LogP contribution >= 0.6 is 0 Å². The third-order valence-electron chi connectivity index (χ3n) is 1.72. The summed E-state index contributed by atoms with van der Waals surface area (Å²) in [6, 6.07) is 0.0972. The van der Waals surface area contributed by atoms with E-state index < -0.39 is 0 Å². The van der Waals surface area contributed by atoms with Crippen molar-refractivity contribution >= 4 is 6.03 Å². The number of hydrogen-bond acceptors (Lipinski definition) is 1. The minimum atomic E-state index is 0.0972. The summed E-state index contributed by atoms with van der Waals surface area (Å²) in [7, 11) is 0. The maximum Gasteiger partial charge on any atom is 0.317 e. The van der Waals surface area contributed by atoms with Gasteiger partial charge in [-0.1, -0.05) is 0 Å². The number of likely N-dealkylation sites (tertiary alicyclic amines) is 1. The molecule has 0 atom stereocenters. The zero-order valence-electron chi connectivity index (χ0n) is 6.39. The normalized spacial score (nSPS) is 17.5. The fourth-order valence-corrected chi connectivity index (χ4v) is 1.18. The highest BCUT2D eigenvalue weighted by Crippen LogP contribution is 2.06. The van der Waals surface area contributed by atoms with Crippen LogP contribution in [-0.4, -0.2) is 30.6 Å². The van der Waals surface area contributed by atoms with Crippen molar-refractivity contribution in [3.05, 3.63) is 0 Å². The molecule has 0 aromatic heterocycles. The second-order valence-corrected chi connectivity index (χ2v) is 2.53. The third kappa shape index (κ3) is 1.62. The first-order valence-corrected chi connectivity index (χ1v) is 3.87. The topological polar surface area (TPSA) is 32.3 Å². The van der Waals surface area contributed by atoms with E-state index in [1.165, 1.54) is 0 Å². The lowest BCUT2D eigenvalue weighted by molar-refractivity contribution is 0.209. The molecule has 3 nitrogen and oxygen atoms in total. The summed E-state index contributed by atoms with van der Waals surface area (Å²) in [6.45, 7) is 4.54. The summed E-state index contributed by atoms with van der Waals surface area (Å²) >= 11 is 0. The number of hydrogen-bond donors (Lipinski definition) is 1. The van der Waals surface area contributed by atoms with Crippen LogP contribution in [0.1, 0.15) is 19.8 Å². The molecule has 0 aromatic rings. The van der Waals surface area contributed by atoms with Crippen molar-refractivity contribution in [2.45, 2.75) is 19.8 Å². The molecule has 0 spiro atoms. The Bertz CT molecular complexity index is 119. The van der Waals surface area contributed by atoms with Gasteiger partial charge in [0.25, 0.3) is 0 Å². The Morgan fingerprint density at radius 2 is 2.10 bits per heavy atom. The van der Waals surface area contributed by atoms with Gasteiger partial charge in [0.2, 0.25) is 0 Å². The average molecular weight is 142 g/mol. The van der Waals surface area contributed by atoms with Gasteiger partial charge in [-0.15, -0.1) is 0 Å². The highest BCUT2D eigenvalue weighted by atomic mass is 16.2. The smallest absolute Gasteiger partial charge is 0.317 e. The van der Waals surface area contributed by atoms with Crippen molar-refractivity contribution in [2.24, 2.45) is 0 Å². The first-order chi connectivity index (χ1) is 4.84. The lowest BCUT2D eigenvalue weighted by Gasteiger charge is -2.14. The molecule has 2 amide bonds. The molecule has 0 bridgehead atoms. The maximum absolute atomic E-state index is 11.1. The van der Waals surface area contributed by atoms with Crippen molar-refractivity contribution in [2.75, 3.05) is 19.6 Å². The number of urea groups is 1. The van der Waals surface area contributed by atoms with Gasteiger partial charge in [-0.05, 0) is 19.8 Å². The molecular formula is C7H14N2O. The van der Waals surface area contributed by atoms with Crippen molar-refractivity contribution in [1.29, 1.82) is 0 Å². The molecular weight excluding hydrogens is 128 g/mol. The van der Waals surface area contributed by atoms with E-state index in [4.69, 9.17) is 0 Å². The summed E-state index contributed by atoms with van der Waals surface area (Å²) in [6.07, 6.45) is 2.33. The number of carbonyl (C=O) groups excluding carboxylic acids is 1. The van der Waals surface area contributed by atoms with E-state index in [0.717, 1.165) is 32.5 Å². The van der Waals surface area contributed by atoms with Gasteiger partial charge in [-0.25, -0.2) is 4.79 Å². The Morgan fingerprint density at radius 3 is 2.60 bits per heavy atom. The third-order valence-corrected chi connectivity index (χ3v) is 1.72. The molecule has 1 aliphatic heterocycles. The van der Waals surface area contributed by atoms with Crippen LogP contribution in [0.25, 0.3) is 0 Å². The summed E-state index contributed by atoms with van der Waals surface area (Å²) < 4.78 is 0. The van der Waals surface area contributed by atoms with E-state index in [9.17, 15) is 4.79 Å². The van der Waals surface area contributed by atoms with Crippen LogP contribution in [0.2, 0.25) is 0 Å². The van der Waals surface area contributed by atoms with Crippen molar-refractivity contribution in [3.8, 4) is 0 Å². The van der Waals surface area contributed by atoms with Gasteiger partial charge in [-0.2, -0.15) is 0 Å². The maximum atomic E-state index is 11.1. The Balaban J connectivity index is 2.25. The average Bonchev–Trinajstić information content (AvgIpc) is 2.38. The van der Waals surface area contributed by atoms with E-state index in [0.29, 0.717) is 0 Å². The lowest BCUT2D eigenvalue weighted by atomic mass is 10.4. The largest absolute Gasteiger partial charge is 0.338 e. The molecule has 0 unspecified atom stereocenters. The second-order valence-electron chi connectivity index (χ2n) is 2.53. The predicted molar refractivity (Wildman–Crippen MR) is 39.9 cm³/mol. The molecule has 3 heteroatoms. The summed E-state index contributed by atoms with van der Waals surface area (Å²) in [5, 5.41) is 2.77. The molecule has 1 aliphatic rings. The second kappa shape index (κ2) is 3.44.